The lowest BCUT2D eigenvalue weighted by Crippen LogP contribution is -2.05. The maximum atomic E-state index is 12.6. The van der Waals surface area contributed by atoms with E-state index in [-0.39, 0.29) is 5.02 Å². The van der Waals surface area contributed by atoms with Crippen LogP contribution in [0.15, 0.2) is 24.2 Å². The number of halogens is 2. The second-order valence-electron chi connectivity index (χ2n) is 2.45. The Hall–Kier alpha value is -0.835. The zero-order chi connectivity index (χ0) is 9.84. The van der Waals surface area contributed by atoms with Gasteiger partial charge in [0.2, 0.25) is 0 Å². The van der Waals surface area contributed by atoms with Crippen molar-refractivity contribution >= 4 is 24.8 Å². The summed E-state index contributed by atoms with van der Waals surface area (Å²) in [5.74, 6) is 0.659. The Kier molecular flexibility index (Phi) is 3.48. The molecule has 0 spiro atoms. The Morgan fingerprint density at radius 3 is 2.62 bits per heavy atom. The summed E-state index contributed by atoms with van der Waals surface area (Å²) in [6.45, 7) is 0. The van der Waals surface area contributed by atoms with Gasteiger partial charge in [-0.2, -0.15) is 0 Å². The summed E-state index contributed by atoms with van der Waals surface area (Å²) >= 11 is 5.50. The number of benzene rings is 1. The first-order valence-electron chi connectivity index (χ1n) is 3.59. The molecule has 2 N–H and O–H groups in total. The van der Waals surface area contributed by atoms with E-state index in [2.05, 4.69) is 0 Å². The second-order valence-corrected chi connectivity index (χ2v) is 2.85. The smallest absolute Gasteiger partial charge is 0.424 e. The summed E-state index contributed by atoms with van der Waals surface area (Å²) < 4.78 is 12.6. The van der Waals surface area contributed by atoms with Crippen LogP contribution in [0.1, 0.15) is 5.56 Å². The molecule has 1 aromatic rings. The summed E-state index contributed by atoms with van der Waals surface area (Å²) in [6.07, 6.45) is 1.44. The van der Waals surface area contributed by atoms with E-state index in [9.17, 15) is 4.39 Å². The molecule has 0 aliphatic carbocycles. The average molecular weight is 200 g/mol. The maximum absolute atomic E-state index is 12.6. The van der Waals surface area contributed by atoms with Crippen molar-refractivity contribution in [2.75, 3.05) is 0 Å². The highest BCUT2D eigenvalue weighted by molar-refractivity contribution is 6.48. The minimum Gasteiger partial charge on any atom is -0.424 e. The molecule has 68 valence electrons. The van der Waals surface area contributed by atoms with Gasteiger partial charge < -0.3 is 10.0 Å². The quantitative estimate of drug-likeness (QED) is 0.710. The van der Waals surface area contributed by atoms with E-state index in [1.807, 2.05) is 0 Å². The van der Waals surface area contributed by atoms with E-state index in [0.717, 1.165) is 5.98 Å². The van der Waals surface area contributed by atoms with Crippen LogP contribution in [0.25, 0.3) is 6.08 Å². The van der Waals surface area contributed by atoms with E-state index < -0.39 is 12.9 Å². The second kappa shape index (κ2) is 4.41. The molecule has 0 bridgehead atoms. The Bertz CT molecular complexity index is 328. The van der Waals surface area contributed by atoms with Gasteiger partial charge >= 0.3 is 7.12 Å². The Labute approximate surface area is 80.4 Å². The van der Waals surface area contributed by atoms with Crippen LogP contribution in [-0.2, 0) is 0 Å². The molecule has 2 nitrogen and oxygen atoms in total. The molecule has 0 aliphatic heterocycles. The predicted octanol–water partition coefficient (Wildman–Crippen LogP) is 1.50. The van der Waals surface area contributed by atoms with Crippen LogP contribution in [-0.4, -0.2) is 17.2 Å². The van der Waals surface area contributed by atoms with E-state index in [0.29, 0.717) is 5.56 Å². The third kappa shape index (κ3) is 3.18. The number of hydrogen-bond donors (Lipinski definition) is 2. The molecule has 0 aliphatic rings. The van der Waals surface area contributed by atoms with Crippen molar-refractivity contribution in [2.45, 2.75) is 0 Å². The van der Waals surface area contributed by atoms with Gasteiger partial charge in [-0.1, -0.05) is 29.7 Å². The van der Waals surface area contributed by atoms with Gasteiger partial charge in [0.1, 0.15) is 5.82 Å². The zero-order valence-corrected chi connectivity index (χ0v) is 7.37. The molecule has 1 aromatic carbocycles. The van der Waals surface area contributed by atoms with E-state index >= 15 is 0 Å². The fourth-order valence-corrected chi connectivity index (χ4v) is 1.00. The van der Waals surface area contributed by atoms with Gasteiger partial charge in [0.15, 0.2) is 0 Å². The van der Waals surface area contributed by atoms with Crippen LogP contribution in [0.3, 0.4) is 0 Å². The molecule has 0 amide bonds. The lowest BCUT2D eigenvalue weighted by atomic mass is 9.91. The van der Waals surface area contributed by atoms with Crippen LogP contribution in [0.4, 0.5) is 4.39 Å². The summed E-state index contributed by atoms with van der Waals surface area (Å²) in [5, 5.41) is 17.0. The van der Waals surface area contributed by atoms with E-state index in [4.69, 9.17) is 21.6 Å². The highest BCUT2D eigenvalue weighted by Crippen LogP contribution is 2.16. The Morgan fingerprint density at radius 2 is 2.08 bits per heavy atom. The number of rotatable bonds is 2. The molecule has 0 radical (unpaired) electrons. The van der Waals surface area contributed by atoms with Gasteiger partial charge in [0.25, 0.3) is 0 Å². The average Bonchev–Trinajstić information content (AvgIpc) is 2.07. The van der Waals surface area contributed by atoms with Gasteiger partial charge in [-0.3, -0.25) is 0 Å². The fourth-order valence-electron chi connectivity index (χ4n) is 0.813. The maximum Gasteiger partial charge on any atom is 0.480 e. The fraction of sp³-hybridized carbons (Fsp3) is 0. The highest BCUT2D eigenvalue weighted by Gasteiger charge is 2.00. The molecule has 5 heteroatoms. The summed E-state index contributed by atoms with van der Waals surface area (Å²) in [4.78, 5) is 0. The first-order valence-corrected chi connectivity index (χ1v) is 3.97. The van der Waals surface area contributed by atoms with Crippen LogP contribution in [0.2, 0.25) is 5.02 Å². The number of hydrogen-bond acceptors (Lipinski definition) is 2. The summed E-state index contributed by atoms with van der Waals surface area (Å²) in [7, 11) is -1.51. The van der Waals surface area contributed by atoms with Crippen molar-refractivity contribution in [3.8, 4) is 0 Å². The Morgan fingerprint density at radius 1 is 1.38 bits per heavy atom. The topological polar surface area (TPSA) is 40.5 Å². The molecule has 13 heavy (non-hydrogen) atoms. The first-order chi connectivity index (χ1) is 6.09. The molecule has 0 fully saturated rings. The largest absolute Gasteiger partial charge is 0.480 e. The normalized spacial score (nSPS) is 10.8. The SMILES string of the molecule is OB(O)/C=C/c1ccc(F)c(Cl)c1. The van der Waals surface area contributed by atoms with Crippen LogP contribution >= 0.6 is 11.6 Å². The van der Waals surface area contributed by atoms with Crippen molar-refractivity contribution in [3.63, 3.8) is 0 Å². The standard InChI is InChI=1S/C8H7BClFO2/c10-7-5-6(1-2-8(7)11)3-4-9(12)13/h1-5,12-13H/b4-3+. The molecule has 0 aromatic heterocycles. The minimum atomic E-state index is -1.51. The van der Waals surface area contributed by atoms with Crippen molar-refractivity contribution in [1.29, 1.82) is 0 Å². The minimum absolute atomic E-state index is 0.00887. The van der Waals surface area contributed by atoms with Crippen LogP contribution in [0, 0.1) is 5.82 Å². The van der Waals surface area contributed by atoms with Crippen molar-refractivity contribution in [3.05, 3.63) is 40.6 Å². The van der Waals surface area contributed by atoms with Gasteiger partial charge in [-0.25, -0.2) is 4.39 Å². The molecule has 0 heterocycles. The zero-order valence-electron chi connectivity index (χ0n) is 6.61. The lowest BCUT2D eigenvalue weighted by Gasteiger charge is -1.96. The Balaban J connectivity index is 2.85. The van der Waals surface area contributed by atoms with Gasteiger partial charge in [-0.05, 0) is 17.7 Å². The predicted molar refractivity (Wildman–Crippen MR) is 50.6 cm³/mol. The molecule has 0 unspecified atom stereocenters. The molecular formula is C8H7BClFO2. The monoisotopic (exact) mass is 200 g/mol. The summed E-state index contributed by atoms with van der Waals surface area (Å²) in [5.41, 5.74) is 0.611. The van der Waals surface area contributed by atoms with Crippen LogP contribution in [0.5, 0.6) is 0 Å². The van der Waals surface area contributed by atoms with Gasteiger partial charge in [0.05, 0.1) is 5.02 Å². The summed E-state index contributed by atoms with van der Waals surface area (Å²) in [6, 6.07) is 4.10. The van der Waals surface area contributed by atoms with Crippen molar-refractivity contribution in [1.82, 2.24) is 0 Å². The van der Waals surface area contributed by atoms with Gasteiger partial charge in [-0.15, -0.1) is 0 Å². The van der Waals surface area contributed by atoms with E-state index in [1.54, 1.807) is 0 Å². The molecular weight excluding hydrogens is 193 g/mol. The first kappa shape index (κ1) is 10.2. The molecule has 0 saturated heterocycles. The molecule has 0 saturated carbocycles. The van der Waals surface area contributed by atoms with Gasteiger partial charge in [0, 0.05) is 0 Å². The lowest BCUT2D eigenvalue weighted by molar-refractivity contribution is 0.424. The third-order valence-electron chi connectivity index (χ3n) is 1.40. The van der Waals surface area contributed by atoms with E-state index in [1.165, 1.54) is 24.3 Å². The highest BCUT2D eigenvalue weighted by atomic mass is 35.5. The molecule has 0 atom stereocenters. The van der Waals surface area contributed by atoms with Crippen molar-refractivity contribution in [2.24, 2.45) is 0 Å². The third-order valence-corrected chi connectivity index (χ3v) is 1.69. The van der Waals surface area contributed by atoms with Crippen LogP contribution < -0.4 is 0 Å². The molecule has 1 rings (SSSR count). The van der Waals surface area contributed by atoms with Crippen molar-refractivity contribution < 1.29 is 14.4 Å².